The number of rotatable bonds is 3. The van der Waals surface area contributed by atoms with E-state index in [-0.39, 0.29) is 0 Å². The number of anilines is 2. The fraction of sp³-hybridized carbons (Fsp3) is 0.200. The fourth-order valence-corrected chi connectivity index (χ4v) is 1.50. The van der Waals surface area contributed by atoms with Gasteiger partial charge in [-0.05, 0) is 18.2 Å². The quantitative estimate of drug-likeness (QED) is 0.852. The number of nitrogens with one attached hydrogen (secondary N) is 1. The molecule has 5 nitrogen and oxygen atoms in total. The van der Waals surface area contributed by atoms with Crippen LogP contribution in [0.15, 0.2) is 24.3 Å². The molecule has 1 aromatic carbocycles. The number of nitrogen functional groups attached to an aromatic ring is 1. The van der Waals surface area contributed by atoms with Gasteiger partial charge in [-0.3, -0.25) is 0 Å². The molecular weight excluding hydrogens is 226 g/mol. The third-order valence-electron chi connectivity index (χ3n) is 2.12. The van der Waals surface area contributed by atoms with E-state index in [0.717, 1.165) is 5.69 Å². The van der Waals surface area contributed by atoms with E-state index >= 15 is 0 Å². The molecule has 0 saturated heterocycles. The van der Waals surface area contributed by atoms with Crippen LogP contribution in [0.4, 0.5) is 11.6 Å². The Morgan fingerprint density at radius 3 is 2.94 bits per heavy atom. The van der Waals surface area contributed by atoms with Crippen LogP contribution < -0.4 is 11.1 Å². The molecule has 0 bridgehead atoms. The van der Waals surface area contributed by atoms with Crippen LogP contribution in [-0.4, -0.2) is 14.8 Å². The summed E-state index contributed by atoms with van der Waals surface area (Å²) in [5.41, 5.74) is 6.50. The standard InChI is InChI=1S/C10H12ClN5/c1-16-10(12)14-9(15-16)6-13-8-4-2-3-7(11)5-8/h2-5,13H,6H2,1H3,(H2,12,14,15). The van der Waals surface area contributed by atoms with Gasteiger partial charge < -0.3 is 11.1 Å². The number of aryl methyl sites for hydroxylation is 1. The first-order valence-electron chi connectivity index (χ1n) is 4.80. The summed E-state index contributed by atoms with van der Waals surface area (Å²) in [7, 11) is 1.76. The Kier molecular flexibility index (Phi) is 2.96. The van der Waals surface area contributed by atoms with E-state index in [1.54, 1.807) is 7.05 Å². The van der Waals surface area contributed by atoms with Gasteiger partial charge in [0.1, 0.15) is 0 Å². The zero-order valence-corrected chi connectivity index (χ0v) is 9.57. The molecule has 1 heterocycles. The van der Waals surface area contributed by atoms with Gasteiger partial charge in [0.05, 0.1) is 6.54 Å². The maximum Gasteiger partial charge on any atom is 0.218 e. The summed E-state index contributed by atoms with van der Waals surface area (Å²) >= 11 is 5.86. The summed E-state index contributed by atoms with van der Waals surface area (Å²) in [5.74, 6) is 1.06. The summed E-state index contributed by atoms with van der Waals surface area (Å²) in [5, 5.41) is 7.99. The van der Waals surface area contributed by atoms with Gasteiger partial charge in [0.25, 0.3) is 0 Å². The number of hydrogen-bond acceptors (Lipinski definition) is 4. The second-order valence-corrected chi connectivity index (χ2v) is 3.81. The lowest BCUT2D eigenvalue weighted by Gasteiger charge is -2.03. The Hall–Kier alpha value is -1.75. The molecule has 84 valence electrons. The first-order chi connectivity index (χ1) is 7.65. The van der Waals surface area contributed by atoms with Crippen molar-refractivity contribution in [1.29, 1.82) is 0 Å². The Bertz CT molecular complexity index is 474. The van der Waals surface area contributed by atoms with Crippen molar-refractivity contribution in [2.75, 3.05) is 11.1 Å². The second-order valence-electron chi connectivity index (χ2n) is 3.37. The van der Waals surface area contributed by atoms with Gasteiger partial charge >= 0.3 is 0 Å². The van der Waals surface area contributed by atoms with E-state index in [1.807, 2.05) is 24.3 Å². The van der Waals surface area contributed by atoms with Crippen LogP contribution in [0, 0.1) is 0 Å². The first kappa shape index (κ1) is 10.8. The van der Waals surface area contributed by atoms with Crippen molar-refractivity contribution in [3.63, 3.8) is 0 Å². The van der Waals surface area contributed by atoms with Crippen LogP contribution in [0.1, 0.15) is 5.82 Å². The van der Waals surface area contributed by atoms with Crippen LogP contribution in [0.2, 0.25) is 5.02 Å². The molecule has 3 N–H and O–H groups in total. The average Bonchev–Trinajstić information content (AvgIpc) is 2.56. The largest absolute Gasteiger partial charge is 0.378 e. The van der Waals surface area contributed by atoms with Crippen LogP contribution in [0.5, 0.6) is 0 Å². The van der Waals surface area contributed by atoms with Gasteiger partial charge in [0.2, 0.25) is 5.95 Å². The minimum atomic E-state index is 0.405. The van der Waals surface area contributed by atoms with Crippen LogP contribution in [0.25, 0.3) is 0 Å². The van der Waals surface area contributed by atoms with Crippen molar-refractivity contribution in [2.24, 2.45) is 7.05 Å². The third-order valence-corrected chi connectivity index (χ3v) is 2.35. The lowest BCUT2D eigenvalue weighted by atomic mass is 10.3. The Balaban J connectivity index is 2.02. The summed E-state index contributed by atoms with van der Waals surface area (Å²) in [4.78, 5) is 4.08. The number of nitrogens with zero attached hydrogens (tertiary/aromatic N) is 3. The molecule has 0 saturated carbocycles. The predicted molar refractivity (Wildman–Crippen MR) is 64.2 cm³/mol. The third kappa shape index (κ3) is 2.43. The molecule has 0 fully saturated rings. The molecule has 0 aliphatic rings. The topological polar surface area (TPSA) is 68.8 Å². The van der Waals surface area contributed by atoms with E-state index in [9.17, 15) is 0 Å². The average molecular weight is 238 g/mol. The van der Waals surface area contributed by atoms with Crippen molar-refractivity contribution in [3.05, 3.63) is 35.1 Å². The van der Waals surface area contributed by atoms with Crippen molar-refractivity contribution in [2.45, 2.75) is 6.54 Å². The van der Waals surface area contributed by atoms with Gasteiger partial charge in [-0.1, -0.05) is 17.7 Å². The maximum absolute atomic E-state index is 5.86. The Labute approximate surface area is 98.2 Å². The highest BCUT2D eigenvalue weighted by atomic mass is 35.5. The molecule has 1 aromatic heterocycles. The summed E-state index contributed by atoms with van der Waals surface area (Å²) in [6, 6.07) is 7.47. The van der Waals surface area contributed by atoms with Crippen molar-refractivity contribution < 1.29 is 0 Å². The molecule has 0 aliphatic carbocycles. The lowest BCUT2D eigenvalue weighted by Crippen LogP contribution is -2.02. The zero-order valence-electron chi connectivity index (χ0n) is 8.81. The van der Waals surface area contributed by atoms with Crippen molar-refractivity contribution in [1.82, 2.24) is 14.8 Å². The summed E-state index contributed by atoms with van der Waals surface area (Å²) in [6.07, 6.45) is 0. The molecular formula is C10H12ClN5. The lowest BCUT2D eigenvalue weighted by molar-refractivity contribution is 0.756. The van der Waals surface area contributed by atoms with Gasteiger partial charge in [0, 0.05) is 17.8 Å². The predicted octanol–water partition coefficient (Wildman–Crippen LogP) is 1.66. The van der Waals surface area contributed by atoms with Gasteiger partial charge in [-0.15, -0.1) is 0 Å². The van der Waals surface area contributed by atoms with Gasteiger partial charge in [0.15, 0.2) is 5.82 Å². The second kappa shape index (κ2) is 4.40. The smallest absolute Gasteiger partial charge is 0.218 e. The molecule has 0 unspecified atom stereocenters. The molecule has 16 heavy (non-hydrogen) atoms. The number of aromatic nitrogens is 3. The normalized spacial score (nSPS) is 10.4. The van der Waals surface area contributed by atoms with Crippen LogP contribution in [0.3, 0.4) is 0 Å². The molecule has 0 radical (unpaired) electrons. The van der Waals surface area contributed by atoms with E-state index < -0.39 is 0 Å². The van der Waals surface area contributed by atoms with Gasteiger partial charge in [-0.2, -0.15) is 10.1 Å². The van der Waals surface area contributed by atoms with Crippen molar-refractivity contribution >= 4 is 23.2 Å². The minimum absolute atomic E-state index is 0.405. The number of halogens is 1. The van der Waals surface area contributed by atoms with Crippen LogP contribution in [-0.2, 0) is 13.6 Å². The first-order valence-corrected chi connectivity index (χ1v) is 5.18. The molecule has 2 rings (SSSR count). The minimum Gasteiger partial charge on any atom is -0.378 e. The molecule has 0 amide bonds. The molecule has 0 spiro atoms. The summed E-state index contributed by atoms with van der Waals surface area (Å²) < 4.78 is 1.54. The highest BCUT2D eigenvalue weighted by Crippen LogP contribution is 2.15. The maximum atomic E-state index is 5.86. The van der Waals surface area contributed by atoms with E-state index in [2.05, 4.69) is 15.4 Å². The molecule has 2 aromatic rings. The molecule has 0 aliphatic heterocycles. The number of nitrogens with two attached hydrogens (primary N) is 1. The Morgan fingerprint density at radius 1 is 1.50 bits per heavy atom. The zero-order chi connectivity index (χ0) is 11.5. The van der Waals surface area contributed by atoms with Gasteiger partial charge in [-0.25, -0.2) is 4.68 Å². The van der Waals surface area contributed by atoms with E-state index in [0.29, 0.717) is 23.3 Å². The van der Waals surface area contributed by atoms with Crippen LogP contribution >= 0.6 is 11.6 Å². The highest BCUT2D eigenvalue weighted by Gasteiger charge is 2.03. The SMILES string of the molecule is Cn1nc(CNc2cccc(Cl)c2)nc1N. The monoisotopic (exact) mass is 237 g/mol. The van der Waals surface area contributed by atoms with E-state index in [1.165, 1.54) is 4.68 Å². The number of benzene rings is 1. The Morgan fingerprint density at radius 2 is 2.31 bits per heavy atom. The summed E-state index contributed by atoms with van der Waals surface area (Å²) in [6.45, 7) is 0.519. The molecule has 0 atom stereocenters. The highest BCUT2D eigenvalue weighted by molar-refractivity contribution is 6.30. The fourth-order valence-electron chi connectivity index (χ4n) is 1.31. The number of hydrogen-bond donors (Lipinski definition) is 2. The molecule has 6 heteroatoms. The van der Waals surface area contributed by atoms with Crippen molar-refractivity contribution in [3.8, 4) is 0 Å². The van der Waals surface area contributed by atoms with E-state index in [4.69, 9.17) is 17.3 Å².